The molecule has 0 rings (SSSR count). The summed E-state index contributed by atoms with van der Waals surface area (Å²) in [6, 6.07) is 0. The van der Waals surface area contributed by atoms with Crippen molar-refractivity contribution in [3.8, 4) is 0 Å². The smallest absolute Gasteiger partial charge is 0.220 e. The van der Waals surface area contributed by atoms with E-state index in [2.05, 4.69) is 12.2 Å². The summed E-state index contributed by atoms with van der Waals surface area (Å²) >= 11 is 0. The number of carbonyl (C=O) groups excluding carboxylic acids is 1. The lowest BCUT2D eigenvalue weighted by atomic mass is 10.1. The molecule has 1 amide bonds. The van der Waals surface area contributed by atoms with Crippen molar-refractivity contribution in [1.82, 2.24) is 10.2 Å². The molecule has 3 nitrogen and oxygen atoms in total. The summed E-state index contributed by atoms with van der Waals surface area (Å²) < 4.78 is 0. The fourth-order valence-electron chi connectivity index (χ4n) is 2.47. The predicted molar refractivity (Wildman–Crippen MR) is 96.9 cm³/mol. The third kappa shape index (κ3) is 17.1. The minimum absolute atomic E-state index is 0.180. The third-order valence-electron chi connectivity index (χ3n) is 3.83. The first-order chi connectivity index (χ1) is 10.7. The van der Waals surface area contributed by atoms with Crippen LogP contribution >= 0.6 is 0 Å². The lowest BCUT2D eigenvalue weighted by Gasteiger charge is -2.05. The second-order valence-corrected chi connectivity index (χ2v) is 6.44. The Kier molecular flexibility index (Phi) is 15.6. The zero-order valence-corrected chi connectivity index (χ0v) is 15.2. The minimum Gasteiger partial charge on any atom is -0.384 e. The Bertz CT molecular complexity index is 275. The highest BCUT2D eigenvalue weighted by Gasteiger charge is 1.99. The van der Waals surface area contributed by atoms with Gasteiger partial charge in [0.2, 0.25) is 5.91 Å². The van der Waals surface area contributed by atoms with Crippen LogP contribution < -0.4 is 5.32 Å². The molecule has 0 aromatic rings. The van der Waals surface area contributed by atoms with Gasteiger partial charge in [-0.1, -0.05) is 71.1 Å². The number of amides is 1. The van der Waals surface area contributed by atoms with Gasteiger partial charge in [-0.05, 0) is 18.7 Å². The zero-order valence-electron chi connectivity index (χ0n) is 15.2. The van der Waals surface area contributed by atoms with Gasteiger partial charge in [0.25, 0.3) is 0 Å². The Morgan fingerprint density at radius 2 is 1.36 bits per heavy atom. The van der Waals surface area contributed by atoms with E-state index >= 15 is 0 Å². The summed E-state index contributed by atoms with van der Waals surface area (Å²) in [7, 11) is 3.95. The molecule has 0 radical (unpaired) electrons. The lowest BCUT2D eigenvalue weighted by molar-refractivity contribution is -0.121. The molecule has 1 N–H and O–H groups in total. The molecule has 22 heavy (non-hydrogen) atoms. The zero-order chi connectivity index (χ0) is 16.5. The highest BCUT2D eigenvalue weighted by molar-refractivity contribution is 5.75. The number of unbranched alkanes of at least 4 members (excludes halogenated alkanes) is 10. The van der Waals surface area contributed by atoms with Crippen LogP contribution in [0, 0.1) is 0 Å². The van der Waals surface area contributed by atoms with Crippen LogP contribution in [0.2, 0.25) is 0 Å². The number of nitrogens with one attached hydrogen (secondary N) is 1. The topological polar surface area (TPSA) is 32.3 Å². The molecule has 0 bridgehead atoms. The summed E-state index contributed by atoms with van der Waals surface area (Å²) in [5, 5.41) is 2.92. The van der Waals surface area contributed by atoms with Gasteiger partial charge in [-0.15, -0.1) is 0 Å². The molecule has 0 aliphatic rings. The van der Waals surface area contributed by atoms with E-state index in [1.54, 1.807) is 0 Å². The molecule has 0 heterocycles. The molecule has 0 aromatic heterocycles. The van der Waals surface area contributed by atoms with Crippen molar-refractivity contribution >= 4 is 5.91 Å². The van der Waals surface area contributed by atoms with Gasteiger partial charge in [0.15, 0.2) is 0 Å². The maximum atomic E-state index is 11.6. The molecule has 130 valence electrons. The van der Waals surface area contributed by atoms with E-state index in [0.717, 1.165) is 6.42 Å². The van der Waals surface area contributed by atoms with Gasteiger partial charge in [-0.25, -0.2) is 0 Å². The van der Waals surface area contributed by atoms with E-state index in [0.29, 0.717) is 13.0 Å². The first-order valence-electron chi connectivity index (χ1n) is 9.26. The summed E-state index contributed by atoms with van der Waals surface area (Å²) in [5.74, 6) is 0.180. The Hall–Kier alpha value is -0.990. The fourth-order valence-corrected chi connectivity index (χ4v) is 2.47. The molecule has 0 unspecified atom stereocenters. The first kappa shape index (κ1) is 21.0. The molecule has 3 heteroatoms. The van der Waals surface area contributed by atoms with Crippen molar-refractivity contribution in [3.05, 3.63) is 12.3 Å². The summed E-state index contributed by atoms with van der Waals surface area (Å²) in [5.41, 5.74) is 0. The van der Waals surface area contributed by atoms with Crippen LogP contribution in [0.15, 0.2) is 12.3 Å². The SMILES string of the molecule is CCCCCCCCCCCCCC(=O)NCC=CN(C)C. The van der Waals surface area contributed by atoms with Crippen molar-refractivity contribution in [2.24, 2.45) is 0 Å². The standard InChI is InChI=1S/C19H38N2O/c1-4-5-6-7-8-9-10-11-12-13-14-16-19(22)20-17-15-18-21(2)3/h15,18H,4-14,16-17H2,1-3H3,(H,20,22). The van der Waals surface area contributed by atoms with Crippen molar-refractivity contribution < 1.29 is 4.79 Å². The van der Waals surface area contributed by atoms with E-state index < -0.39 is 0 Å². The minimum atomic E-state index is 0.180. The molecule has 0 atom stereocenters. The Labute approximate surface area is 138 Å². The van der Waals surface area contributed by atoms with E-state index in [1.807, 2.05) is 31.3 Å². The van der Waals surface area contributed by atoms with Crippen LogP contribution in [0.1, 0.15) is 84.0 Å². The summed E-state index contributed by atoms with van der Waals surface area (Å²) in [4.78, 5) is 13.6. The van der Waals surface area contributed by atoms with E-state index in [-0.39, 0.29) is 5.91 Å². The molecule has 0 saturated carbocycles. The molecule has 0 aliphatic heterocycles. The first-order valence-corrected chi connectivity index (χ1v) is 9.26. The summed E-state index contributed by atoms with van der Waals surface area (Å²) in [6.07, 6.45) is 19.2. The molecule has 0 saturated heterocycles. The molecular formula is C19H38N2O. The lowest BCUT2D eigenvalue weighted by Crippen LogP contribution is -2.23. The normalized spacial score (nSPS) is 11.0. The van der Waals surface area contributed by atoms with E-state index in [1.165, 1.54) is 64.2 Å². The van der Waals surface area contributed by atoms with E-state index in [4.69, 9.17) is 0 Å². The van der Waals surface area contributed by atoms with Crippen LogP contribution in [0.3, 0.4) is 0 Å². The Morgan fingerprint density at radius 3 is 1.86 bits per heavy atom. The van der Waals surface area contributed by atoms with Gasteiger partial charge in [0.05, 0.1) is 0 Å². The predicted octanol–water partition coefficient (Wildman–Crippen LogP) is 4.88. The molecule has 0 aliphatic carbocycles. The van der Waals surface area contributed by atoms with Crippen molar-refractivity contribution in [2.75, 3.05) is 20.6 Å². The van der Waals surface area contributed by atoms with Crippen LogP contribution in [0.5, 0.6) is 0 Å². The summed E-state index contributed by atoms with van der Waals surface area (Å²) in [6.45, 7) is 2.90. The van der Waals surface area contributed by atoms with Gasteiger partial charge < -0.3 is 10.2 Å². The van der Waals surface area contributed by atoms with Crippen LogP contribution in [0.4, 0.5) is 0 Å². The monoisotopic (exact) mass is 310 g/mol. The van der Waals surface area contributed by atoms with Gasteiger partial charge in [0, 0.05) is 27.1 Å². The molecule has 0 spiro atoms. The number of nitrogens with zero attached hydrogens (tertiary/aromatic N) is 1. The quantitative estimate of drug-likeness (QED) is 0.437. The Morgan fingerprint density at radius 1 is 0.864 bits per heavy atom. The molecular weight excluding hydrogens is 272 g/mol. The number of hydrogen-bond acceptors (Lipinski definition) is 2. The number of carbonyl (C=O) groups is 1. The van der Waals surface area contributed by atoms with Gasteiger partial charge in [0.1, 0.15) is 0 Å². The number of hydrogen-bond donors (Lipinski definition) is 1. The van der Waals surface area contributed by atoms with Crippen molar-refractivity contribution in [1.29, 1.82) is 0 Å². The highest BCUT2D eigenvalue weighted by atomic mass is 16.1. The van der Waals surface area contributed by atoms with Crippen LogP contribution in [-0.4, -0.2) is 31.4 Å². The second kappa shape index (κ2) is 16.4. The highest BCUT2D eigenvalue weighted by Crippen LogP contribution is 2.11. The number of rotatable bonds is 15. The fraction of sp³-hybridized carbons (Fsp3) is 0.842. The Balaban J connectivity index is 3.20. The second-order valence-electron chi connectivity index (χ2n) is 6.44. The molecule has 0 fully saturated rings. The van der Waals surface area contributed by atoms with Gasteiger partial charge in [-0.3, -0.25) is 4.79 Å². The van der Waals surface area contributed by atoms with Crippen molar-refractivity contribution in [3.63, 3.8) is 0 Å². The van der Waals surface area contributed by atoms with E-state index in [9.17, 15) is 4.79 Å². The molecule has 0 aromatic carbocycles. The van der Waals surface area contributed by atoms with Crippen LogP contribution in [0.25, 0.3) is 0 Å². The maximum absolute atomic E-state index is 11.6. The third-order valence-corrected chi connectivity index (χ3v) is 3.83. The van der Waals surface area contributed by atoms with Gasteiger partial charge >= 0.3 is 0 Å². The maximum Gasteiger partial charge on any atom is 0.220 e. The van der Waals surface area contributed by atoms with Gasteiger partial charge in [-0.2, -0.15) is 0 Å². The average Bonchev–Trinajstić information content (AvgIpc) is 2.49. The average molecular weight is 311 g/mol. The van der Waals surface area contributed by atoms with Crippen LogP contribution in [-0.2, 0) is 4.79 Å². The van der Waals surface area contributed by atoms with Crippen molar-refractivity contribution in [2.45, 2.75) is 84.0 Å². The largest absolute Gasteiger partial charge is 0.384 e.